The maximum absolute atomic E-state index is 12.3. The Hall–Kier alpha value is -0.0100. The third-order valence-corrected chi connectivity index (χ3v) is 2.65. The molecule has 0 aliphatic carbocycles. The molecule has 6 heteroatoms. The fourth-order valence-electron chi connectivity index (χ4n) is 0.814. The molecule has 0 aromatic carbocycles. The molecule has 13 heavy (non-hydrogen) atoms. The SMILES string of the molecule is NCc1cc(I)c(C(F)F)nc1Cl. The van der Waals surface area contributed by atoms with Gasteiger partial charge in [-0.05, 0) is 28.7 Å². The molecule has 1 rings (SSSR count). The van der Waals surface area contributed by atoms with Crippen LogP contribution in [0.15, 0.2) is 6.07 Å². The zero-order valence-corrected chi connectivity index (χ0v) is 9.31. The Kier molecular flexibility index (Phi) is 3.81. The molecule has 0 spiro atoms. The second-order valence-electron chi connectivity index (χ2n) is 2.31. The molecule has 0 amide bonds. The second kappa shape index (κ2) is 4.47. The monoisotopic (exact) mass is 318 g/mol. The number of hydrogen-bond donors (Lipinski definition) is 1. The fourth-order valence-corrected chi connectivity index (χ4v) is 1.77. The predicted octanol–water partition coefficient (Wildman–Crippen LogP) is 2.74. The fraction of sp³-hybridized carbons (Fsp3) is 0.286. The number of aromatic nitrogens is 1. The van der Waals surface area contributed by atoms with E-state index in [-0.39, 0.29) is 17.4 Å². The van der Waals surface area contributed by atoms with Gasteiger partial charge in [0.1, 0.15) is 10.8 Å². The van der Waals surface area contributed by atoms with Crippen LogP contribution in [0.4, 0.5) is 8.78 Å². The molecule has 0 aliphatic rings. The van der Waals surface area contributed by atoms with Gasteiger partial charge in [0.15, 0.2) is 0 Å². The molecule has 2 nitrogen and oxygen atoms in total. The Bertz CT molecular complexity index is 320. The van der Waals surface area contributed by atoms with E-state index < -0.39 is 6.43 Å². The molecule has 72 valence electrons. The number of hydrogen-bond acceptors (Lipinski definition) is 2. The van der Waals surface area contributed by atoms with Crippen molar-refractivity contribution < 1.29 is 8.78 Å². The van der Waals surface area contributed by atoms with Crippen LogP contribution in [-0.2, 0) is 6.54 Å². The van der Waals surface area contributed by atoms with Gasteiger partial charge in [-0.1, -0.05) is 11.6 Å². The zero-order valence-electron chi connectivity index (χ0n) is 6.40. The van der Waals surface area contributed by atoms with Crippen molar-refractivity contribution in [1.29, 1.82) is 0 Å². The number of nitrogens with zero attached hydrogens (tertiary/aromatic N) is 1. The van der Waals surface area contributed by atoms with Crippen LogP contribution in [0.2, 0.25) is 5.15 Å². The lowest BCUT2D eigenvalue weighted by atomic mass is 10.2. The van der Waals surface area contributed by atoms with Gasteiger partial charge in [0.25, 0.3) is 6.43 Å². The van der Waals surface area contributed by atoms with Crippen LogP contribution in [0.3, 0.4) is 0 Å². The van der Waals surface area contributed by atoms with Crippen molar-refractivity contribution >= 4 is 34.2 Å². The molecular formula is C7H6ClF2IN2. The second-order valence-corrected chi connectivity index (χ2v) is 3.83. The average Bonchev–Trinajstić information content (AvgIpc) is 2.07. The minimum absolute atomic E-state index is 0.0539. The Morgan fingerprint density at radius 3 is 2.69 bits per heavy atom. The highest BCUT2D eigenvalue weighted by Gasteiger charge is 2.15. The summed E-state index contributed by atoms with van der Waals surface area (Å²) in [7, 11) is 0. The quantitative estimate of drug-likeness (QED) is 0.673. The van der Waals surface area contributed by atoms with Crippen molar-refractivity contribution in [2.75, 3.05) is 0 Å². The summed E-state index contributed by atoms with van der Waals surface area (Å²) in [5.74, 6) is 0. The van der Waals surface area contributed by atoms with Crippen molar-refractivity contribution in [2.45, 2.75) is 13.0 Å². The van der Waals surface area contributed by atoms with E-state index in [0.717, 1.165) is 0 Å². The molecule has 0 unspecified atom stereocenters. The number of alkyl halides is 2. The largest absolute Gasteiger partial charge is 0.326 e. The molecule has 0 saturated carbocycles. The summed E-state index contributed by atoms with van der Waals surface area (Å²) in [5.41, 5.74) is 5.62. The summed E-state index contributed by atoms with van der Waals surface area (Å²) in [4.78, 5) is 3.57. The van der Waals surface area contributed by atoms with Crippen LogP contribution < -0.4 is 5.73 Å². The van der Waals surface area contributed by atoms with Crippen LogP contribution >= 0.6 is 34.2 Å². The molecule has 0 saturated heterocycles. The standard InChI is InChI=1S/C7H6ClF2IN2/c8-6-3(2-12)1-4(11)5(13-6)7(9)10/h1,7H,2,12H2. The first-order chi connectivity index (χ1) is 6.06. The third kappa shape index (κ3) is 2.47. The van der Waals surface area contributed by atoms with Gasteiger partial charge >= 0.3 is 0 Å². The van der Waals surface area contributed by atoms with E-state index >= 15 is 0 Å². The maximum Gasteiger partial charge on any atom is 0.281 e. The number of nitrogens with two attached hydrogens (primary N) is 1. The number of rotatable bonds is 2. The van der Waals surface area contributed by atoms with E-state index in [0.29, 0.717) is 9.13 Å². The van der Waals surface area contributed by atoms with Gasteiger partial charge in [0.2, 0.25) is 0 Å². The number of halogens is 4. The van der Waals surface area contributed by atoms with E-state index in [4.69, 9.17) is 17.3 Å². The minimum atomic E-state index is -2.60. The van der Waals surface area contributed by atoms with Crippen LogP contribution in [0.25, 0.3) is 0 Å². The number of pyridine rings is 1. The van der Waals surface area contributed by atoms with Gasteiger partial charge in [0.05, 0.1) is 0 Å². The summed E-state index contributed by atoms with van der Waals surface area (Å²) < 4.78 is 25.0. The van der Waals surface area contributed by atoms with Crippen molar-refractivity contribution in [3.05, 3.63) is 26.0 Å². The maximum atomic E-state index is 12.3. The van der Waals surface area contributed by atoms with E-state index in [9.17, 15) is 8.78 Å². The smallest absolute Gasteiger partial charge is 0.281 e. The first-order valence-corrected chi connectivity index (χ1v) is 4.85. The third-order valence-electron chi connectivity index (χ3n) is 1.46. The van der Waals surface area contributed by atoms with Gasteiger partial charge < -0.3 is 5.73 Å². The Morgan fingerprint density at radius 1 is 1.62 bits per heavy atom. The highest BCUT2D eigenvalue weighted by Crippen LogP contribution is 2.26. The highest BCUT2D eigenvalue weighted by atomic mass is 127. The molecule has 0 atom stereocenters. The van der Waals surface area contributed by atoms with Gasteiger partial charge in [0, 0.05) is 15.7 Å². The molecule has 1 aromatic rings. The molecule has 0 aliphatic heterocycles. The summed E-state index contributed by atoms with van der Waals surface area (Å²) in [6.07, 6.45) is -2.60. The lowest BCUT2D eigenvalue weighted by molar-refractivity contribution is 0.145. The Balaban J connectivity index is 3.20. The zero-order chi connectivity index (χ0) is 10.0. The highest BCUT2D eigenvalue weighted by molar-refractivity contribution is 14.1. The Labute approximate surface area is 92.6 Å². The first kappa shape index (κ1) is 11.1. The van der Waals surface area contributed by atoms with Gasteiger partial charge in [-0.25, -0.2) is 13.8 Å². The molecule has 1 aromatic heterocycles. The van der Waals surface area contributed by atoms with Gasteiger partial charge in [-0.15, -0.1) is 0 Å². The molecule has 0 fully saturated rings. The molecule has 0 bridgehead atoms. The van der Waals surface area contributed by atoms with Crippen molar-refractivity contribution in [3.8, 4) is 0 Å². The topological polar surface area (TPSA) is 38.9 Å². The minimum Gasteiger partial charge on any atom is -0.326 e. The lowest BCUT2D eigenvalue weighted by Gasteiger charge is -2.06. The summed E-state index contributed by atoms with van der Waals surface area (Å²) in [6.45, 7) is 0.200. The van der Waals surface area contributed by atoms with E-state index in [1.54, 1.807) is 22.6 Å². The normalized spacial score (nSPS) is 10.9. The Morgan fingerprint density at radius 2 is 2.23 bits per heavy atom. The summed E-state index contributed by atoms with van der Waals surface area (Å²) >= 11 is 7.40. The molecule has 2 N–H and O–H groups in total. The average molecular weight is 318 g/mol. The van der Waals surface area contributed by atoms with Crippen LogP contribution in [0.1, 0.15) is 17.7 Å². The van der Waals surface area contributed by atoms with E-state index in [1.165, 1.54) is 6.07 Å². The van der Waals surface area contributed by atoms with Gasteiger partial charge in [-0.2, -0.15) is 0 Å². The van der Waals surface area contributed by atoms with Crippen LogP contribution in [0, 0.1) is 3.57 Å². The van der Waals surface area contributed by atoms with Crippen LogP contribution in [0.5, 0.6) is 0 Å². The van der Waals surface area contributed by atoms with E-state index in [2.05, 4.69) is 4.98 Å². The van der Waals surface area contributed by atoms with Crippen molar-refractivity contribution in [1.82, 2.24) is 4.98 Å². The van der Waals surface area contributed by atoms with Crippen LogP contribution in [-0.4, -0.2) is 4.98 Å². The first-order valence-electron chi connectivity index (χ1n) is 3.39. The van der Waals surface area contributed by atoms with Gasteiger partial charge in [-0.3, -0.25) is 0 Å². The lowest BCUT2D eigenvalue weighted by Crippen LogP contribution is -2.03. The molecule has 1 heterocycles. The van der Waals surface area contributed by atoms with E-state index in [1.807, 2.05) is 0 Å². The molecular weight excluding hydrogens is 312 g/mol. The predicted molar refractivity (Wildman–Crippen MR) is 54.8 cm³/mol. The summed E-state index contributed by atoms with van der Waals surface area (Å²) in [6, 6.07) is 1.53. The van der Waals surface area contributed by atoms with Crippen molar-refractivity contribution in [2.24, 2.45) is 5.73 Å². The summed E-state index contributed by atoms with van der Waals surface area (Å²) in [5, 5.41) is 0.0539. The van der Waals surface area contributed by atoms with Crippen molar-refractivity contribution in [3.63, 3.8) is 0 Å². The molecule has 0 radical (unpaired) electrons.